The van der Waals surface area contributed by atoms with Gasteiger partial charge in [0.1, 0.15) is 5.76 Å². The van der Waals surface area contributed by atoms with E-state index in [1.165, 1.54) is 0 Å². The maximum Gasteiger partial charge on any atom is 0.339 e. The van der Waals surface area contributed by atoms with E-state index in [1.807, 2.05) is 74.5 Å². The van der Waals surface area contributed by atoms with E-state index in [9.17, 15) is 9.59 Å². The van der Waals surface area contributed by atoms with E-state index in [1.54, 1.807) is 6.26 Å². The molecule has 1 aliphatic rings. The van der Waals surface area contributed by atoms with Crippen LogP contribution in [0.5, 0.6) is 0 Å². The van der Waals surface area contributed by atoms with Crippen LogP contribution in [0.15, 0.2) is 65.3 Å². The Balaban J connectivity index is 1.44. The van der Waals surface area contributed by atoms with Crippen LogP contribution >= 0.6 is 0 Å². The highest BCUT2D eigenvalue weighted by Crippen LogP contribution is 2.36. The molecule has 2 aromatic carbocycles. The molecule has 1 aliphatic carbocycles. The van der Waals surface area contributed by atoms with Gasteiger partial charge in [0.15, 0.2) is 6.61 Å². The minimum atomic E-state index is -0.519. The number of benzene rings is 2. The standard InChI is InChI=1S/C29H26N2O4/c1-18-13-19(2)15-21(14-18)30-26(32)17-35-29(33)27-23-9-3-4-11-25(23)31-28-20(7-5-10-24(27)28)16-22-8-6-12-34-22/h3-4,6,8-9,11-16H,5,7,10,17H2,1-2H3,(H,30,32). The molecule has 1 amide bonds. The van der Waals surface area contributed by atoms with Gasteiger partial charge in [-0.1, -0.05) is 24.3 Å². The molecule has 0 atom stereocenters. The number of aryl methyl sites for hydroxylation is 2. The number of hydrogen-bond donors (Lipinski definition) is 1. The fourth-order valence-electron chi connectivity index (χ4n) is 4.70. The quantitative estimate of drug-likeness (QED) is 0.359. The molecule has 0 saturated carbocycles. The van der Waals surface area contributed by atoms with Crippen molar-refractivity contribution in [2.75, 3.05) is 11.9 Å². The molecule has 0 unspecified atom stereocenters. The summed E-state index contributed by atoms with van der Waals surface area (Å²) in [5, 5.41) is 3.54. The number of amides is 1. The lowest BCUT2D eigenvalue weighted by Crippen LogP contribution is -2.22. The van der Waals surface area contributed by atoms with E-state index < -0.39 is 5.97 Å². The van der Waals surface area contributed by atoms with Gasteiger partial charge < -0.3 is 14.5 Å². The number of ether oxygens (including phenoxy) is 1. The monoisotopic (exact) mass is 466 g/mol. The third-order valence-corrected chi connectivity index (χ3v) is 6.07. The van der Waals surface area contributed by atoms with Gasteiger partial charge in [-0.15, -0.1) is 0 Å². The number of furan rings is 1. The molecule has 0 fully saturated rings. The topological polar surface area (TPSA) is 81.4 Å². The van der Waals surface area contributed by atoms with Crippen molar-refractivity contribution < 1.29 is 18.7 Å². The lowest BCUT2D eigenvalue weighted by molar-refractivity contribution is -0.119. The predicted molar refractivity (Wildman–Crippen MR) is 136 cm³/mol. The fraction of sp³-hybridized carbons (Fsp3) is 0.207. The average molecular weight is 467 g/mol. The van der Waals surface area contributed by atoms with Crippen molar-refractivity contribution in [2.24, 2.45) is 0 Å². The molecular weight excluding hydrogens is 440 g/mol. The van der Waals surface area contributed by atoms with Crippen LogP contribution in [0.4, 0.5) is 5.69 Å². The predicted octanol–water partition coefficient (Wildman–Crippen LogP) is 6.12. The third-order valence-electron chi connectivity index (χ3n) is 6.07. The van der Waals surface area contributed by atoms with Crippen molar-refractivity contribution in [1.82, 2.24) is 4.98 Å². The fourth-order valence-corrected chi connectivity index (χ4v) is 4.70. The highest BCUT2D eigenvalue weighted by Gasteiger charge is 2.26. The number of nitrogens with zero attached hydrogens (tertiary/aromatic N) is 1. The molecule has 0 aliphatic heterocycles. The van der Waals surface area contributed by atoms with Crippen LogP contribution in [0.1, 0.15) is 51.3 Å². The summed E-state index contributed by atoms with van der Waals surface area (Å²) in [5.74, 6) is -0.154. The lowest BCUT2D eigenvalue weighted by atomic mass is 9.86. The van der Waals surface area contributed by atoms with Crippen LogP contribution in [0.3, 0.4) is 0 Å². The summed E-state index contributed by atoms with van der Waals surface area (Å²) in [4.78, 5) is 30.8. The summed E-state index contributed by atoms with van der Waals surface area (Å²) in [6.45, 7) is 3.57. The zero-order valence-corrected chi connectivity index (χ0v) is 19.8. The number of rotatable bonds is 5. The van der Waals surface area contributed by atoms with Crippen molar-refractivity contribution in [2.45, 2.75) is 33.1 Å². The van der Waals surface area contributed by atoms with Crippen LogP contribution in [0.2, 0.25) is 0 Å². The molecule has 5 rings (SSSR count). The van der Waals surface area contributed by atoms with Crippen molar-refractivity contribution in [1.29, 1.82) is 0 Å². The summed E-state index contributed by atoms with van der Waals surface area (Å²) >= 11 is 0. The molecule has 0 saturated heterocycles. The lowest BCUT2D eigenvalue weighted by Gasteiger charge is -2.22. The van der Waals surface area contributed by atoms with E-state index >= 15 is 0 Å². The highest BCUT2D eigenvalue weighted by molar-refractivity contribution is 6.07. The first-order valence-corrected chi connectivity index (χ1v) is 11.7. The molecule has 0 radical (unpaired) electrons. The molecule has 1 N–H and O–H groups in total. The Bertz CT molecular complexity index is 1430. The number of fused-ring (bicyclic) bond motifs is 2. The van der Waals surface area contributed by atoms with Gasteiger partial charge in [-0.25, -0.2) is 9.78 Å². The number of nitrogens with one attached hydrogen (secondary N) is 1. The first-order chi connectivity index (χ1) is 17.0. The highest BCUT2D eigenvalue weighted by atomic mass is 16.5. The van der Waals surface area contributed by atoms with Gasteiger partial charge in [0, 0.05) is 11.1 Å². The number of hydrogen-bond acceptors (Lipinski definition) is 5. The number of pyridine rings is 1. The molecule has 35 heavy (non-hydrogen) atoms. The van der Waals surface area contributed by atoms with Gasteiger partial charge in [0.25, 0.3) is 5.91 Å². The Morgan fingerprint density at radius 3 is 2.63 bits per heavy atom. The number of aromatic nitrogens is 1. The Kier molecular flexibility index (Phi) is 6.19. The van der Waals surface area contributed by atoms with Gasteiger partial charge in [0.05, 0.1) is 23.0 Å². The van der Waals surface area contributed by atoms with E-state index in [-0.39, 0.29) is 12.5 Å². The second kappa shape index (κ2) is 9.58. The molecule has 0 spiro atoms. The Hall–Kier alpha value is -4.19. The van der Waals surface area contributed by atoms with Gasteiger partial charge in [-0.05, 0) is 91.8 Å². The van der Waals surface area contributed by atoms with Crippen LogP contribution < -0.4 is 5.32 Å². The van der Waals surface area contributed by atoms with Crippen molar-refractivity contribution >= 4 is 40.1 Å². The normalized spacial score (nSPS) is 14.1. The van der Waals surface area contributed by atoms with E-state index in [0.717, 1.165) is 51.9 Å². The molecule has 6 heteroatoms. The molecule has 2 aromatic heterocycles. The summed E-state index contributed by atoms with van der Waals surface area (Å²) in [7, 11) is 0. The summed E-state index contributed by atoms with van der Waals surface area (Å²) < 4.78 is 11.0. The first kappa shape index (κ1) is 22.6. The molecule has 6 nitrogen and oxygen atoms in total. The van der Waals surface area contributed by atoms with Crippen molar-refractivity contribution in [3.63, 3.8) is 0 Å². The smallest absolute Gasteiger partial charge is 0.339 e. The van der Waals surface area contributed by atoms with Gasteiger partial charge in [0.2, 0.25) is 0 Å². The number of carbonyl (C=O) groups is 2. The van der Waals surface area contributed by atoms with Crippen LogP contribution in [0, 0.1) is 13.8 Å². The Morgan fingerprint density at radius 1 is 1.06 bits per heavy atom. The summed E-state index contributed by atoms with van der Waals surface area (Å²) in [6.07, 6.45) is 6.04. The van der Waals surface area contributed by atoms with Gasteiger partial charge in [-0.2, -0.15) is 0 Å². The Morgan fingerprint density at radius 2 is 1.86 bits per heavy atom. The van der Waals surface area contributed by atoms with Gasteiger partial charge >= 0.3 is 5.97 Å². The van der Waals surface area contributed by atoms with E-state index in [4.69, 9.17) is 14.1 Å². The molecule has 0 bridgehead atoms. The summed E-state index contributed by atoms with van der Waals surface area (Å²) in [6, 6.07) is 17.1. The van der Waals surface area contributed by atoms with Crippen molar-refractivity contribution in [3.8, 4) is 0 Å². The van der Waals surface area contributed by atoms with Crippen LogP contribution in [-0.2, 0) is 16.0 Å². The minimum Gasteiger partial charge on any atom is -0.465 e. The number of esters is 1. The first-order valence-electron chi connectivity index (χ1n) is 11.7. The van der Waals surface area contributed by atoms with E-state index in [0.29, 0.717) is 23.2 Å². The van der Waals surface area contributed by atoms with Crippen molar-refractivity contribution in [3.05, 3.63) is 94.6 Å². The maximum absolute atomic E-state index is 13.4. The van der Waals surface area contributed by atoms with E-state index in [2.05, 4.69) is 5.32 Å². The zero-order chi connectivity index (χ0) is 24.4. The number of carbonyl (C=O) groups excluding carboxylic acids is 2. The maximum atomic E-state index is 13.4. The van der Waals surface area contributed by atoms with Gasteiger partial charge in [-0.3, -0.25) is 4.79 Å². The number of anilines is 1. The largest absolute Gasteiger partial charge is 0.465 e. The van der Waals surface area contributed by atoms with Crippen LogP contribution in [0.25, 0.3) is 22.6 Å². The Labute approximate surface area is 203 Å². The molecule has 4 aromatic rings. The molecule has 2 heterocycles. The average Bonchev–Trinajstić information content (AvgIpc) is 3.34. The third kappa shape index (κ3) is 4.87. The SMILES string of the molecule is Cc1cc(C)cc(NC(=O)COC(=O)c2c3c(nc4ccccc24)C(=Cc2ccco2)CCC3)c1. The second-order valence-corrected chi connectivity index (χ2v) is 8.87. The number of allylic oxidation sites excluding steroid dienone is 1. The number of para-hydroxylation sites is 1. The second-order valence-electron chi connectivity index (χ2n) is 8.87. The van der Waals surface area contributed by atoms with Crippen LogP contribution in [-0.4, -0.2) is 23.5 Å². The molecular formula is C29H26N2O4. The minimum absolute atomic E-state index is 0.369. The zero-order valence-electron chi connectivity index (χ0n) is 19.8. The molecule has 176 valence electrons. The summed E-state index contributed by atoms with van der Waals surface area (Å²) in [5.41, 5.74) is 6.64.